The minimum atomic E-state index is -3.26. The zero-order valence-corrected chi connectivity index (χ0v) is 4.94. The maximum absolute atomic E-state index is 10.0. The maximum atomic E-state index is 10.0. The van der Waals surface area contributed by atoms with Gasteiger partial charge in [0, 0.05) is 0 Å². The minimum Gasteiger partial charge on any atom is -0.818 e. The van der Waals surface area contributed by atoms with Crippen LogP contribution in [0.15, 0.2) is 0 Å². The van der Waals surface area contributed by atoms with Crippen molar-refractivity contribution in [2.45, 2.75) is 0 Å². The molecule has 0 unspecified atom stereocenters. The molecular formula is FLi2O3P. The summed E-state index contributed by atoms with van der Waals surface area (Å²) < 4.78 is 12.2. The molecule has 0 fully saturated rings. The van der Waals surface area contributed by atoms with Crippen LogP contribution in [-0.2, 0) is 4.73 Å². The molecular weight excluding hydrogens is 112 g/mol. The summed E-state index contributed by atoms with van der Waals surface area (Å²) >= 11 is 0. The van der Waals surface area contributed by atoms with Gasteiger partial charge in [-0.2, -0.15) is 0 Å². The normalized spacial score (nSPS) is 6.86. The Morgan fingerprint density at radius 1 is 1.29 bits per heavy atom. The summed E-state index contributed by atoms with van der Waals surface area (Å²) in [6, 6.07) is 0. The average molecular weight is 112 g/mol. The van der Waals surface area contributed by atoms with Crippen LogP contribution < -0.4 is 47.5 Å². The van der Waals surface area contributed by atoms with Crippen LogP contribution in [-0.4, -0.2) is 0 Å². The van der Waals surface area contributed by atoms with Crippen molar-refractivity contribution < 1.29 is 56.8 Å². The fraction of sp³-hybridized carbons (Fsp3) is 0. The van der Waals surface area contributed by atoms with Gasteiger partial charge in [-0.05, 0) is 4.53 Å². The van der Waals surface area contributed by atoms with Gasteiger partial charge >= 0.3 is 37.7 Å². The molecule has 7 heavy (non-hydrogen) atoms. The Morgan fingerprint density at radius 2 is 1.43 bits per heavy atom. The van der Waals surface area contributed by atoms with E-state index < -0.39 is 8.60 Å². The molecule has 0 N–H and O–H groups in total. The number of hydrogen-bond acceptors (Lipinski definition) is 3. The van der Waals surface area contributed by atoms with Crippen LogP contribution in [0.5, 0.6) is 0 Å². The second kappa shape index (κ2) is 10.4. The molecule has 0 aliphatic carbocycles. The Hall–Kier alpha value is 1.43. The Morgan fingerprint density at radius 3 is 1.43 bits per heavy atom. The van der Waals surface area contributed by atoms with Crippen LogP contribution in [0.2, 0.25) is 0 Å². The Bertz CT molecular complexity index is 26.9. The number of hydrogen-bond donors (Lipinski definition) is 0. The smallest absolute Gasteiger partial charge is 0.818 e. The van der Waals surface area contributed by atoms with E-state index in [0.29, 0.717) is 0 Å². The van der Waals surface area contributed by atoms with E-state index >= 15 is 0 Å². The Balaban J connectivity index is -0.0000000800. The van der Waals surface area contributed by atoms with Crippen molar-refractivity contribution in [1.29, 1.82) is 0 Å². The van der Waals surface area contributed by atoms with Crippen LogP contribution in [0.3, 0.4) is 0 Å². The van der Waals surface area contributed by atoms with Gasteiger partial charge in [-0.15, -0.1) is 8.60 Å². The quantitative estimate of drug-likeness (QED) is 0.250. The fourth-order valence-electron chi connectivity index (χ4n) is 0. The molecule has 0 aromatic carbocycles. The summed E-state index contributed by atoms with van der Waals surface area (Å²) in [4.78, 5) is 17.6. The van der Waals surface area contributed by atoms with Crippen molar-refractivity contribution in [3.8, 4) is 0 Å². The standard InChI is InChI=1S/FO3P.2Li/c1-4-5(2)3;;/q-2;2*+1. The second-order valence-corrected chi connectivity index (χ2v) is 0.878. The van der Waals surface area contributed by atoms with Crippen LogP contribution in [0.4, 0.5) is 4.53 Å². The van der Waals surface area contributed by atoms with Crippen LogP contribution in [0.1, 0.15) is 0 Å². The molecule has 3 nitrogen and oxygen atoms in total. The van der Waals surface area contributed by atoms with E-state index in [1.807, 2.05) is 0 Å². The van der Waals surface area contributed by atoms with Gasteiger partial charge in [0.1, 0.15) is 0 Å². The van der Waals surface area contributed by atoms with Gasteiger partial charge in [-0.1, -0.05) is 0 Å². The molecule has 0 bridgehead atoms. The van der Waals surface area contributed by atoms with E-state index in [1.165, 1.54) is 0 Å². The van der Waals surface area contributed by atoms with Gasteiger partial charge in [0.2, 0.25) is 0 Å². The summed E-state index contributed by atoms with van der Waals surface area (Å²) in [5.74, 6) is 0. The van der Waals surface area contributed by atoms with Crippen LogP contribution >= 0.6 is 8.60 Å². The first-order valence-electron chi connectivity index (χ1n) is 0.702. The van der Waals surface area contributed by atoms with Crippen molar-refractivity contribution in [2.24, 2.45) is 0 Å². The van der Waals surface area contributed by atoms with Gasteiger partial charge < -0.3 is 9.79 Å². The third kappa shape index (κ3) is 18.6. The first-order chi connectivity index (χ1) is 2.27. The molecule has 0 aromatic rings. The topological polar surface area (TPSA) is 55.3 Å². The van der Waals surface area contributed by atoms with Gasteiger partial charge in [0.15, 0.2) is 0 Å². The predicted octanol–water partition coefficient (Wildman–Crippen LogP) is -7.16. The van der Waals surface area contributed by atoms with Crippen molar-refractivity contribution in [1.82, 2.24) is 0 Å². The van der Waals surface area contributed by atoms with Crippen molar-refractivity contribution in [2.75, 3.05) is 0 Å². The third-order valence-electron chi connectivity index (χ3n) is 0.0563. The van der Waals surface area contributed by atoms with Crippen molar-refractivity contribution >= 4 is 8.60 Å². The molecule has 32 valence electrons. The molecule has 0 amide bonds. The number of rotatable bonds is 1. The van der Waals surface area contributed by atoms with Crippen molar-refractivity contribution in [3.63, 3.8) is 0 Å². The zero-order chi connectivity index (χ0) is 4.28. The summed E-state index contributed by atoms with van der Waals surface area (Å²) in [5.41, 5.74) is 0. The summed E-state index contributed by atoms with van der Waals surface area (Å²) in [7, 11) is -3.26. The predicted molar refractivity (Wildman–Crippen MR) is 9.11 cm³/mol. The first kappa shape index (κ1) is 15.8. The van der Waals surface area contributed by atoms with Gasteiger partial charge in [-0.25, -0.2) is 4.73 Å². The molecule has 0 atom stereocenters. The van der Waals surface area contributed by atoms with Gasteiger partial charge in [-0.3, -0.25) is 0 Å². The molecule has 0 saturated heterocycles. The molecule has 0 aromatic heterocycles. The Labute approximate surface area is 65.5 Å². The van der Waals surface area contributed by atoms with E-state index in [4.69, 9.17) is 9.79 Å². The second-order valence-electron chi connectivity index (χ2n) is 0.293. The third-order valence-corrected chi connectivity index (χ3v) is 0.169. The van der Waals surface area contributed by atoms with Crippen LogP contribution in [0.25, 0.3) is 0 Å². The maximum Gasteiger partial charge on any atom is 1.00 e. The van der Waals surface area contributed by atoms with Crippen LogP contribution in [0, 0.1) is 0 Å². The molecule has 0 radical (unpaired) electrons. The summed E-state index contributed by atoms with van der Waals surface area (Å²) in [5, 5.41) is 0. The molecule has 7 heteroatoms. The van der Waals surface area contributed by atoms with E-state index in [9.17, 15) is 4.53 Å². The molecule has 0 aliphatic rings. The average Bonchev–Trinajstić information content (AvgIpc) is 1.38. The van der Waals surface area contributed by atoms with E-state index in [1.54, 1.807) is 0 Å². The van der Waals surface area contributed by atoms with Gasteiger partial charge in [0.25, 0.3) is 0 Å². The van der Waals surface area contributed by atoms with Gasteiger partial charge in [0.05, 0.1) is 0 Å². The van der Waals surface area contributed by atoms with E-state index in [0.717, 1.165) is 0 Å². The largest absolute Gasteiger partial charge is 1.00 e. The SMILES string of the molecule is [Li+].[Li+].[O-]P([O-])OF. The molecule has 0 aliphatic heterocycles. The molecule has 0 saturated carbocycles. The van der Waals surface area contributed by atoms with E-state index in [2.05, 4.69) is 4.73 Å². The molecule has 0 heterocycles. The molecule has 0 rings (SSSR count). The summed E-state index contributed by atoms with van der Waals surface area (Å²) in [6.07, 6.45) is 0. The van der Waals surface area contributed by atoms with E-state index in [-0.39, 0.29) is 37.7 Å². The van der Waals surface area contributed by atoms with Crippen molar-refractivity contribution in [3.05, 3.63) is 0 Å². The zero-order valence-electron chi connectivity index (χ0n) is 4.05. The summed E-state index contributed by atoms with van der Waals surface area (Å²) in [6.45, 7) is 0. The Kier molecular flexibility index (Phi) is 23.5. The monoisotopic (exact) mass is 112 g/mol. The molecule has 0 spiro atoms. The minimum absolute atomic E-state index is 0. The number of halogens is 1. The first-order valence-corrected chi connectivity index (χ1v) is 1.80. The fourth-order valence-corrected chi connectivity index (χ4v) is 0.